The van der Waals surface area contributed by atoms with Crippen molar-refractivity contribution in [3.8, 4) is 6.07 Å². The van der Waals surface area contributed by atoms with Crippen molar-refractivity contribution in [2.24, 2.45) is 11.1 Å². The van der Waals surface area contributed by atoms with Crippen molar-refractivity contribution in [1.29, 1.82) is 5.26 Å². The molecular formula is C24H35FN6O2S. The van der Waals surface area contributed by atoms with Crippen molar-refractivity contribution in [3.05, 3.63) is 29.7 Å². The summed E-state index contributed by atoms with van der Waals surface area (Å²) in [7, 11) is 0. The summed E-state index contributed by atoms with van der Waals surface area (Å²) in [6, 6.07) is 5.41. The van der Waals surface area contributed by atoms with Crippen LogP contribution in [0.1, 0.15) is 63.4 Å². The quantitative estimate of drug-likeness (QED) is 0.317. The lowest BCUT2D eigenvalue weighted by Gasteiger charge is -2.30. The molecule has 1 aromatic carbocycles. The topological polar surface area (TPSA) is 126 Å². The van der Waals surface area contributed by atoms with Crippen molar-refractivity contribution in [2.45, 2.75) is 70.7 Å². The molecule has 3 rings (SSSR count). The fourth-order valence-corrected chi connectivity index (χ4v) is 3.35. The number of carbonyl (C=O) groups excluding carboxylic acids is 2. The zero-order valence-corrected chi connectivity index (χ0v) is 21.0. The van der Waals surface area contributed by atoms with Crippen LogP contribution in [-0.4, -0.2) is 46.0 Å². The van der Waals surface area contributed by atoms with Crippen LogP contribution in [0.2, 0.25) is 0 Å². The number of thiol groups is 1. The molecule has 1 saturated carbocycles. The van der Waals surface area contributed by atoms with Gasteiger partial charge in [0.25, 0.3) is 5.91 Å². The molecule has 4 N–H and O–H groups in total. The minimum absolute atomic E-state index is 0.131. The smallest absolute Gasteiger partial charge is 0.273 e. The lowest BCUT2D eigenvalue weighted by Crippen LogP contribution is -2.54. The fraction of sp³-hybridized carbons (Fsp3) is 0.583. The van der Waals surface area contributed by atoms with Crippen LogP contribution in [0.5, 0.6) is 0 Å². The van der Waals surface area contributed by atoms with E-state index in [9.17, 15) is 14.0 Å². The molecule has 34 heavy (non-hydrogen) atoms. The Morgan fingerprint density at radius 3 is 2.59 bits per heavy atom. The minimum atomic E-state index is -0.798. The minimum Gasteiger partial charge on any atom is -0.353 e. The average Bonchev–Trinajstić information content (AvgIpc) is 3.48. The predicted molar refractivity (Wildman–Crippen MR) is 134 cm³/mol. The van der Waals surface area contributed by atoms with E-state index in [0.29, 0.717) is 49.8 Å². The van der Waals surface area contributed by atoms with Gasteiger partial charge in [-0.25, -0.2) is 4.39 Å². The number of carbonyl (C=O) groups is 2. The summed E-state index contributed by atoms with van der Waals surface area (Å²) in [5, 5.41) is 19.8. The number of hydrogen-bond donors (Lipinski definition) is 4. The van der Waals surface area contributed by atoms with Crippen LogP contribution in [0.15, 0.2) is 18.2 Å². The van der Waals surface area contributed by atoms with Gasteiger partial charge in [0.05, 0.1) is 11.6 Å². The maximum atomic E-state index is 13.8. The SMILES string of the molecule is CC(C)(C)C(NC(=O)c1nn(CCCCC#N)c2cc(F)ccc12)C(=O)NCCN.SC1CC1. The molecule has 1 aliphatic carbocycles. The third kappa shape index (κ3) is 8.29. The normalized spacial score (nSPS) is 14.0. The number of hydrogen-bond acceptors (Lipinski definition) is 6. The van der Waals surface area contributed by atoms with Crippen molar-refractivity contribution in [2.75, 3.05) is 13.1 Å². The molecule has 1 aliphatic rings. The molecule has 8 nitrogen and oxygen atoms in total. The van der Waals surface area contributed by atoms with Gasteiger partial charge in [0.2, 0.25) is 5.91 Å². The number of rotatable bonds is 9. The Labute approximate surface area is 205 Å². The average molecular weight is 491 g/mol. The highest BCUT2D eigenvalue weighted by Gasteiger charge is 2.33. The van der Waals surface area contributed by atoms with Gasteiger partial charge in [-0.05, 0) is 49.3 Å². The molecule has 1 unspecified atom stereocenters. The van der Waals surface area contributed by atoms with Crippen LogP contribution in [0.4, 0.5) is 4.39 Å². The molecule has 0 aliphatic heterocycles. The van der Waals surface area contributed by atoms with Crippen LogP contribution >= 0.6 is 12.6 Å². The monoisotopic (exact) mass is 490 g/mol. The lowest BCUT2D eigenvalue weighted by molar-refractivity contribution is -0.125. The van der Waals surface area contributed by atoms with Gasteiger partial charge in [0.1, 0.15) is 11.9 Å². The summed E-state index contributed by atoms with van der Waals surface area (Å²) in [6.07, 6.45) is 4.48. The van der Waals surface area contributed by atoms with E-state index in [1.807, 2.05) is 20.8 Å². The molecule has 1 atom stereocenters. The number of halogens is 1. The number of aromatic nitrogens is 2. The Morgan fingerprint density at radius 2 is 2.03 bits per heavy atom. The molecule has 0 radical (unpaired) electrons. The van der Waals surface area contributed by atoms with Gasteiger partial charge in [-0.1, -0.05) is 20.8 Å². The first-order valence-electron chi connectivity index (χ1n) is 11.6. The van der Waals surface area contributed by atoms with Gasteiger partial charge in [0, 0.05) is 36.7 Å². The van der Waals surface area contributed by atoms with Gasteiger partial charge in [-0.15, -0.1) is 0 Å². The molecule has 0 bridgehead atoms. The number of aryl methyl sites for hydroxylation is 1. The molecule has 1 heterocycles. The fourth-order valence-electron chi connectivity index (χ4n) is 3.20. The molecule has 10 heteroatoms. The Balaban J connectivity index is 0.000000920. The second-order valence-electron chi connectivity index (χ2n) is 9.43. The van der Waals surface area contributed by atoms with E-state index in [4.69, 9.17) is 11.0 Å². The summed E-state index contributed by atoms with van der Waals surface area (Å²) >= 11 is 4.08. The Kier molecular flexibility index (Phi) is 10.3. The Bertz CT molecular complexity index is 1020. The maximum Gasteiger partial charge on any atom is 0.273 e. The third-order valence-corrected chi connectivity index (χ3v) is 5.75. The van der Waals surface area contributed by atoms with Crippen molar-refractivity contribution in [3.63, 3.8) is 0 Å². The first kappa shape index (κ1) is 27.6. The molecule has 2 amide bonds. The zero-order chi connectivity index (χ0) is 25.3. The maximum absolute atomic E-state index is 13.8. The number of nitrogens with two attached hydrogens (primary N) is 1. The van der Waals surface area contributed by atoms with E-state index < -0.39 is 23.2 Å². The molecule has 0 spiro atoms. The summed E-state index contributed by atoms with van der Waals surface area (Å²) < 4.78 is 15.4. The predicted octanol–water partition coefficient (Wildman–Crippen LogP) is 3.17. The number of unbranched alkanes of at least 4 members (excludes halogenated alkanes) is 2. The van der Waals surface area contributed by atoms with Crippen LogP contribution in [0, 0.1) is 22.6 Å². The number of nitriles is 1. The van der Waals surface area contributed by atoms with Crippen LogP contribution < -0.4 is 16.4 Å². The second-order valence-corrected chi connectivity index (χ2v) is 10.2. The highest BCUT2D eigenvalue weighted by Crippen LogP contribution is 2.25. The number of nitrogens with zero attached hydrogens (tertiary/aromatic N) is 3. The number of nitrogens with one attached hydrogen (secondary N) is 2. The van der Waals surface area contributed by atoms with Gasteiger partial charge in [0.15, 0.2) is 5.69 Å². The highest BCUT2D eigenvalue weighted by molar-refractivity contribution is 7.81. The van der Waals surface area contributed by atoms with Crippen LogP contribution in [-0.2, 0) is 11.3 Å². The summed E-state index contributed by atoms with van der Waals surface area (Å²) in [6.45, 7) is 6.60. The van der Waals surface area contributed by atoms with Gasteiger partial charge >= 0.3 is 0 Å². The summed E-state index contributed by atoms with van der Waals surface area (Å²) in [5.41, 5.74) is 5.53. The van der Waals surface area contributed by atoms with Crippen LogP contribution in [0.3, 0.4) is 0 Å². The molecule has 1 aromatic heterocycles. The first-order chi connectivity index (χ1) is 16.1. The van der Waals surface area contributed by atoms with Gasteiger partial charge in [-0.3, -0.25) is 14.3 Å². The van der Waals surface area contributed by atoms with E-state index >= 15 is 0 Å². The van der Waals surface area contributed by atoms with Crippen molar-refractivity contribution >= 4 is 35.3 Å². The van der Waals surface area contributed by atoms with Crippen molar-refractivity contribution in [1.82, 2.24) is 20.4 Å². The van der Waals surface area contributed by atoms with Crippen molar-refractivity contribution < 1.29 is 14.0 Å². The Morgan fingerprint density at radius 1 is 1.35 bits per heavy atom. The number of amides is 2. The second kappa shape index (κ2) is 12.7. The zero-order valence-electron chi connectivity index (χ0n) is 20.1. The Hall–Kier alpha value is -2.64. The standard InChI is InChI=1S/C21H29FN6O2.C3H6S/c1-21(2,3)18(20(30)25-11-10-24)26-19(29)17-15-8-7-14(22)13-16(15)28(27-17)12-6-4-5-9-23;4-3-1-2-3/h7-8,13,18H,4-6,10-12,24H2,1-3H3,(H,25,30)(H,26,29);3-4H,1-2H2. The van der Waals surface area contributed by atoms with E-state index in [0.717, 1.165) is 5.25 Å². The van der Waals surface area contributed by atoms with E-state index in [1.54, 1.807) is 4.68 Å². The van der Waals surface area contributed by atoms with E-state index in [1.165, 1.54) is 31.0 Å². The van der Waals surface area contributed by atoms with E-state index in [-0.39, 0.29) is 11.6 Å². The van der Waals surface area contributed by atoms with Crippen LogP contribution in [0.25, 0.3) is 10.9 Å². The summed E-state index contributed by atoms with van der Waals surface area (Å²) in [4.78, 5) is 25.6. The molecule has 186 valence electrons. The molecule has 2 aromatic rings. The summed E-state index contributed by atoms with van der Waals surface area (Å²) in [5.74, 6) is -1.26. The highest BCUT2D eigenvalue weighted by atomic mass is 32.1. The largest absolute Gasteiger partial charge is 0.353 e. The molecular weight excluding hydrogens is 455 g/mol. The third-order valence-electron chi connectivity index (χ3n) is 5.23. The first-order valence-corrected chi connectivity index (χ1v) is 12.1. The van der Waals surface area contributed by atoms with Gasteiger partial charge < -0.3 is 16.4 Å². The van der Waals surface area contributed by atoms with Gasteiger partial charge in [-0.2, -0.15) is 23.0 Å². The lowest BCUT2D eigenvalue weighted by atomic mass is 9.86. The number of fused-ring (bicyclic) bond motifs is 1. The van der Waals surface area contributed by atoms with E-state index in [2.05, 4.69) is 34.4 Å². The molecule has 1 fully saturated rings. The molecule has 0 saturated heterocycles. The number of benzene rings is 1.